The molecule has 0 heterocycles. The van der Waals surface area contributed by atoms with Crippen molar-refractivity contribution in [3.05, 3.63) is 24.3 Å². The van der Waals surface area contributed by atoms with Gasteiger partial charge in [-0.15, -0.1) is 0 Å². The lowest BCUT2D eigenvalue weighted by Crippen LogP contribution is -2.40. The van der Waals surface area contributed by atoms with Crippen molar-refractivity contribution in [3.8, 4) is 5.75 Å². The van der Waals surface area contributed by atoms with E-state index < -0.39 is 18.0 Å². The predicted molar refractivity (Wildman–Crippen MR) is 71.5 cm³/mol. The number of carboxylic acids is 1. The van der Waals surface area contributed by atoms with Crippen LogP contribution in [0.3, 0.4) is 0 Å². The van der Waals surface area contributed by atoms with Crippen molar-refractivity contribution < 1.29 is 19.4 Å². The number of hydrogen-bond acceptors (Lipinski definition) is 3. The number of nitrogens with one attached hydrogen (secondary N) is 2. The summed E-state index contributed by atoms with van der Waals surface area (Å²) in [5.41, 5.74) is 0.561. The van der Waals surface area contributed by atoms with E-state index in [0.29, 0.717) is 11.4 Å². The number of amides is 2. The molecule has 1 aromatic carbocycles. The number of aliphatic carboxylic acids is 1. The minimum Gasteiger partial charge on any atom is -0.491 e. The van der Waals surface area contributed by atoms with Gasteiger partial charge in [0.1, 0.15) is 11.8 Å². The number of carbonyl (C=O) groups excluding carboxylic acids is 1. The summed E-state index contributed by atoms with van der Waals surface area (Å²) >= 11 is 0. The highest BCUT2D eigenvalue weighted by Gasteiger charge is 2.13. The molecule has 0 spiro atoms. The van der Waals surface area contributed by atoms with Gasteiger partial charge in [0.15, 0.2) is 0 Å². The average Bonchev–Trinajstić information content (AvgIpc) is 2.30. The van der Waals surface area contributed by atoms with Gasteiger partial charge in [0.05, 0.1) is 6.10 Å². The van der Waals surface area contributed by atoms with E-state index in [1.807, 2.05) is 13.8 Å². The van der Waals surface area contributed by atoms with Gasteiger partial charge < -0.3 is 20.5 Å². The standard InChI is InChI=1S/C13H18N2O4/c1-8(2)19-11-6-4-10(5-7-11)15-13(18)14-9(3)12(16)17/h4-9H,1-3H3,(H,16,17)(H2,14,15,18). The van der Waals surface area contributed by atoms with Crippen LogP contribution >= 0.6 is 0 Å². The predicted octanol–water partition coefficient (Wildman–Crippen LogP) is 2.07. The number of anilines is 1. The first-order valence-electron chi connectivity index (χ1n) is 5.95. The highest BCUT2D eigenvalue weighted by molar-refractivity contribution is 5.92. The summed E-state index contributed by atoms with van der Waals surface area (Å²) in [6, 6.07) is 5.33. The average molecular weight is 266 g/mol. The third-order valence-corrected chi connectivity index (χ3v) is 2.20. The first-order valence-corrected chi connectivity index (χ1v) is 5.95. The Morgan fingerprint density at radius 1 is 1.16 bits per heavy atom. The smallest absolute Gasteiger partial charge is 0.325 e. The van der Waals surface area contributed by atoms with Crippen LogP contribution in [0.1, 0.15) is 20.8 Å². The van der Waals surface area contributed by atoms with Gasteiger partial charge in [-0.2, -0.15) is 0 Å². The molecule has 0 fully saturated rings. The summed E-state index contributed by atoms with van der Waals surface area (Å²) in [6.45, 7) is 5.24. The normalized spacial score (nSPS) is 11.8. The molecule has 0 aromatic heterocycles. The largest absolute Gasteiger partial charge is 0.491 e. The Morgan fingerprint density at radius 3 is 2.21 bits per heavy atom. The molecule has 0 saturated heterocycles. The summed E-state index contributed by atoms with van der Waals surface area (Å²) in [6.07, 6.45) is 0.0820. The van der Waals surface area contributed by atoms with Crippen molar-refractivity contribution in [3.63, 3.8) is 0 Å². The minimum absolute atomic E-state index is 0.0820. The van der Waals surface area contributed by atoms with E-state index in [0.717, 1.165) is 0 Å². The van der Waals surface area contributed by atoms with E-state index in [4.69, 9.17) is 9.84 Å². The van der Waals surface area contributed by atoms with Crippen LogP contribution in [0.4, 0.5) is 10.5 Å². The van der Waals surface area contributed by atoms with Crippen molar-refractivity contribution in [1.82, 2.24) is 5.32 Å². The zero-order chi connectivity index (χ0) is 14.4. The molecule has 0 aliphatic rings. The molecule has 0 bridgehead atoms. The maximum absolute atomic E-state index is 11.5. The van der Waals surface area contributed by atoms with Crippen LogP contribution in [0.2, 0.25) is 0 Å². The molecule has 6 heteroatoms. The third-order valence-electron chi connectivity index (χ3n) is 2.20. The van der Waals surface area contributed by atoms with Crippen LogP contribution in [-0.2, 0) is 4.79 Å². The van der Waals surface area contributed by atoms with Gasteiger partial charge in [-0.3, -0.25) is 4.79 Å². The molecule has 19 heavy (non-hydrogen) atoms. The molecule has 0 saturated carbocycles. The van der Waals surface area contributed by atoms with Crippen LogP contribution in [0.25, 0.3) is 0 Å². The molecule has 1 aromatic rings. The quantitative estimate of drug-likeness (QED) is 0.761. The van der Waals surface area contributed by atoms with E-state index in [-0.39, 0.29) is 6.10 Å². The number of carbonyl (C=O) groups is 2. The number of urea groups is 1. The second-order valence-corrected chi connectivity index (χ2v) is 4.35. The van der Waals surface area contributed by atoms with E-state index in [9.17, 15) is 9.59 Å². The van der Waals surface area contributed by atoms with Gasteiger partial charge in [-0.1, -0.05) is 0 Å². The van der Waals surface area contributed by atoms with Gasteiger partial charge in [0.25, 0.3) is 0 Å². The maximum Gasteiger partial charge on any atom is 0.325 e. The lowest BCUT2D eigenvalue weighted by molar-refractivity contribution is -0.138. The Labute approximate surface area is 111 Å². The van der Waals surface area contributed by atoms with Crippen molar-refractivity contribution in [2.24, 2.45) is 0 Å². The number of ether oxygens (including phenoxy) is 1. The Kier molecular flexibility index (Phi) is 5.17. The Morgan fingerprint density at radius 2 is 1.74 bits per heavy atom. The van der Waals surface area contributed by atoms with E-state index in [1.165, 1.54) is 6.92 Å². The summed E-state index contributed by atoms with van der Waals surface area (Å²) in [7, 11) is 0. The van der Waals surface area contributed by atoms with E-state index in [2.05, 4.69) is 10.6 Å². The zero-order valence-corrected chi connectivity index (χ0v) is 11.1. The van der Waals surface area contributed by atoms with Crippen LogP contribution in [0, 0.1) is 0 Å². The Bertz CT molecular complexity index is 442. The Balaban J connectivity index is 2.53. The molecule has 2 amide bonds. The molecular formula is C13H18N2O4. The van der Waals surface area contributed by atoms with Gasteiger partial charge in [0.2, 0.25) is 0 Å². The fourth-order valence-corrected chi connectivity index (χ4v) is 1.31. The van der Waals surface area contributed by atoms with Crippen molar-refractivity contribution in [1.29, 1.82) is 0 Å². The van der Waals surface area contributed by atoms with Crippen LogP contribution in [-0.4, -0.2) is 29.3 Å². The molecule has 1 rings (SSSR count). The summed E-state index contributed by atoms with van der Waals surface area (Å²) in [4.78, 5) is 22.0. The van der Waals surface area contributed by atoms with Crippen LogP contribution < -0.4 is 15.4 Å². The van der Waals surface area contributed by atoms with Crippen molar-refractivity contribution in [2.45, 2.75) is 32.9 Å². The maximum atomic E-state index is 11.5. The zero-order valence-electron chi connectivity index (χ0n) is 11.1. The highest BCUT2D eigenvalue weighted by atomic mass is 16.5. The topological polar surface area (TPSA) is 87.7 Å². The first kappa shape index (κ1) is 14.8. The second-order valence-electron chi connectivity index (χ2n) is 4.35. The van der Waals surface area contributed by atoms with E-state index in [1.54, 1.807) is 24.3 Å². The molecule has 104 valence electrons. The van der Waals surface area contributed by atoms with E-state index >= 15 is 0 Å². The minimum atomic E-state index is -1.09. The first-order chi connectivity index (χ1) is 8.88. The molecule has 0 aliphatic carbocycles. The molecule has 0 radical (unpaired) electrons. The van der Waals surface area contributed by atoms with Crippen LogP contribution in [0.5, 0.6) is 5.75 Å². The monoisotopic (exact) mass is 266 g/mol. The number of hydrogen-bond donors (Lipinski definition) is 3. The SMILES string of the molecule is CC(C)Oc1ccc(NC(=O)NC(C)C(=O)O)cc1. The van der Waals surface area contributed by atoms with Crippen molar-refractivity contribution in [2.75, 3.05) is 5.32 Å². The van der Waals surface area contributed by atoms with Crippen LogP contribution in [0.15, 0.2) is 24.3 Å². The second kappa shape index (κ2) is 6.63. The fourth-order valence-electron chi connectivity index (χ4n) is 1.31. The number of rotatable bonds is 5. The van der Waals surface area contributed by atoms with Crippen molar-refractivity contribution >= 4 is 17.7 Å². The fraction of sp³-hybridized carbons (Fsp3) is 0.385. The van der Waals surface area contributed by atoms with Gasteiger partial charge in [-0.05, 0) is 45.0 Å². The summed E-state index contributed by atoms with van der Waals surface area (Å²) in [5, 5.41) is 13.5. The molecule has 6 nitrogen and oxygen atoms in total. The van der Waals surface area contributed by atoms with Gasteiger partial charge in [-0.25, -0.2) is 4.79 Å². The highest BCUT2D eigenvalue weighted by Crippen LogP contribution is 2.16. The molecule has 3 N–H and O–H groups in total. The third kappa shape index (κ3) is 5.29. The lowest BCUT2D eigenvalue weighted by atomic mass is 10.3. The number of benzene rings is 1. The molecular weight excluding hydrogens is 248 g/mol. The summed E-state index contributed by atoms with van der Waals surface area (Å²) in [5.74, 6) is -0.379. The number of carboxylic acid groups (broad SMARTS) is 1. The Hall–Kier alpha value is -2.24. The molecule has 1 atom stereocenters. The summed E-state index contributed by atoms with van der Waals surface area (Å²) < 4.78 is 5.46. The van der Waals surface area contributed by atoms with Gasteiger partial charge in [0, 0.05) is 5.69 Å². The van der Waals surface area contributed by atoms with Gasteiger partial charge >= 0.3 is 12.0 Å². The lowest BCUT2D eigenvalue weighted by Gasteiger charge is -2.12. The molecule has 1 unspecified atom stereocenters. The molecule has 0 aliphatic heterocycles.